The molecule has 0 aromatic heterocycles. The molecule has 1 saturated heterocycles. The maximum Gasteiger partial charge on any atom is 0.343 e. The Bertz CT molecular complexity index is 797. The number of hydrogen-bond donors (Lipinski definition) is 2. The maximum absolute atomic E-state index is 14.1. The molecule has 10 heteroatoms. The number of carbonyl (C=O) groups excluding carboxylic acids is 1. The topological polar surface area (TPSA) is 68.2 Å². The lowest BCUT2D eigenvalue weighted by Gasteiger charge is -2.35. The van der Waals surface area contributed by atoms with Crippen molar-refractivity contribution in [1.82, 2.24) is 15.4 Å². The molecule has 2 aliphatic rings. The average Bonchev–Trinajstić information content (AvgIpc) is 2.89. The minimum absolute atomic E-state index is 0.0455. The van der Waals surface area contributed by atoms with Crippen LogP contribution >= 0.6 is 35.6 Å². The molecule has 2 N–H and O–H groups in total. The van der Waals surface area contributed by atoms with Crippen LogP contribution in [0.15, 0.2) is 23.3 Å². The van der Waals surface area contributed by atoms with Crippen molar-refractivity contribution in [3.63, 3.8) is 0 Å². The Hall–Kier alpha value is -1.42. The largest absolute Gasteiger partial charge is 0.343 e. The number of hydrazone groups is 1. The molecule has 1 heterocycles. The maximum atomic E-state index is 14.1. The van der Waals surface area contributed by atoms with Gasteiger partial charge in [-0.25, -0.2) is 14.2 Å². The number of nitrogens with zero attached hydrogens (tertiary/aromatic N) is 3. The number of halogens is 2. The number of nitrogens with one attached hydrogen (secondary N) is 1. The number of amides is 2. The number of thioether (sulfide) groups is 1. The van der Waals surface area contributed by atoms with Gasteiger partial charge in [0.05, 0.1) is 16.0 Å². The molecule has 6 nitrogen and oxygen atoms in total. The van der Waals surface area contributed by atoms with Gasteiger partial charge in [-0.3, -0.25) is 5.21 Å². The normalized spacial score (nSPS) is 22.3. The predicted octanol–water partition coefficient (Wildman–Crippen LogP) is 4.98. The Kier molecular flexibility index (Phi) is 7.03. The van der Waals surface area contributed by atoms with Gasteiger partial charge in [0, 0.05) is 11.6 Å². The van der Waals surface area contributed by atoms with Crippen LogP contribution in [0.3, 0.4) is 0 Å². The third kappa shape index (κ3) is 5.02. The Morgan fingerprint density at radius 2 is 2.14 bits per heavy atom. The number of thiocarbonyl (C=S) groups is 1. The number of rotatable bonds is 4. The molecule has 3 rings (SSSR count). The van der Waals surface area contributed by atoms with Crippen molar-refractivity contribution in [1.29, 1.82) is 0 Å². The minimum atomic E-state index is -0.856. The van der Waals surface area contributed by atoms with Crippen LogP contribution < -0.4 is 5.32 Å². The number of urea groups is 1. The van der Waals surface area contributed by atoms with Crippen molar-refractivity contribution >= 4 is 52.1 Å². The van der Waals surface area contributed by atoms with Crippen LogP contribution in [0.25, 0.3) is 0 Å². The highest BCUT2D eigenvalue weighted by Gasteiger charge is 2.50. The summed E-state index contributed by atoms with van der Waals surface area (Å²) >= 11 is 12.8. The van der Waals surface area contributed by atoms with Crippen molar-refractivity contribution in [3.8, 4) is 0 Å². The van der Waals surface area contributed by atoms with Gasteiger partial charge in [-0.15, -0.1) is 0 Å². The van der Waals surface area contributed by atoms with E-state index in [1.807, 2.05) is 13.8 Å². The van der Waals surface area contributed by atoms with Crippen LogP contribution in [0.1, 0.15) is 51.5 Å². The summed E-state index contributed by atoms with van der Waals surface area (Å²) in [5.41, 5.74) is 0.113. The Labute approximate surface area is 184 Å². The van der Waals surface area contributed by atoms with Crippen LogP contribution in [0.2, 0.25) is 5.02 Å². The molecule has 1 saturated carbocycles. The lowest BCUT2D eigenvalue weighted by molar-refractivity contribution is -0.119. The van der Waals surface area contributed by atoms with Crippen LogP contribution in [0.4, 0.5) is 9.18 Å². The van der Waals surface area contributed by atoms with Gasteiger partial charge >= 0.3 is 6.03 Å². The van der Waals surface area contributed by atoms with E-state index in [2.05, 4.69) is 10.4 Å². The molecule has 0 spiro atoms. The second kappa shape index (κ2) is 9.16. The summed E-state index contributed by atoms with van der Waals surface area (Å²) in [5.74, 6) is -0.522. The van der Waals surface area contributed by atoms with Crippen molar-refractivity contribution in [2.24, 2.45) is 5.10 Å². The van der Waals surface area contributed by atoms with Crippen molar-refractivity contribution < 1.29 is 14.4 Å². The summed E-state index contributed by atoms with van der Waals surface area (Å²) in [6.45, 7) is 3.72. The van der Waals surface area contributed by atoms with Gasteiger partial charge in [0.15, 0.2) is 10.5 Å². The van der Waals surface area contributed by atoms with Gasteiger partial charge in [-0.05, 0) is 38.8 Å². The van der Waals surface area contributed by atoms with E-state index >= 15 is 0 Å². The second-order valence-corrected chi connectivity index (χ2v) is 10.4. The minimum Gasteiger partial charge on any atom is -0.333 e. The molecule has 1 aromatic carbocycles. The predicted molar refractivity (Wildman–Crippen MR) is 118 cm³/mol. The first-order chi connectivity index (χ1) is 13.7. The lowest BCUT2D eigenvalue weighted by Crippen LogP contribution is -2.57. The van der Waals surface area contributed by atoms with Gasteiger partial charge in [-0.1, -0.05) is 60.9 Å². The fraction of sp³-hybridized carbons (Fsp3) is 0.526. The van der Waals surface area contributed by atoms with Gasteiger partial charge < -0.3 is 5.32 Å². The van der Waals surface area contributed by atoms with E-state index in [9.17, 15) is 14.4 Å². The quantitative estimate of drug-likeness (QED) is 0.288. The van der Waals surface area contributed by atoms with Gasteiger partial charge in [0.25, 0.3) is 0 Å². The number of benzene rings is 1. The van der Waals surface area contributed by atoms with Crippen LogP contribution in [-0.2, 0) is 0 Å². The first-order valence-electron chi connectivity index (χ1n) is 9.49. The van der Waals surface area contributed by atoms with Crippen LogP contribution in [0, 0.1) is 5.82 Å². The van der Waals surface area contributed by atoms with Crippen molar-refractivity contribution in [2.75, 3.05) is 0 Å². The highest BCUT2D eigenvalue weighted by molar-refractivity contribution is 8.24. The zero-order valence-corrected chi connectivity index (χ0v) is 18.7. The van der Waals surface area contributed by atoms with Crippen LogP contribution in [0.5, 0.6) is 0 Å². The van der Waals surface area contributed by atoms with Crippen LogP contribution in [-0.4, -0.2) is 48.8 Å². The first kappa shape index (κ1) is 22.3. The summed E-state index contributed by atoms with van der Waals surface area (Å²) in [7, 11) is 0. The molecule has 0 unspecified atom stereocenters. The van der Waals surface area contributed by atoms with E-state index in [4.69, 9.17) is 23.8 Å². The molecule has 1 aliphatic heterocycles. The fourth-order valence-electron chi connectivity index (χ4n) is 3.58. The van der Waals surface area contributed by atoms with Gasteiger partial charge in [0.1, 0.15) is 5.82 Å². The Morgan fingerprint density at radius 1 is 1.45 bits per heavy atom. The van der Waals surface area contributed by atoms with Crippen molar-refractivity contribution in [3.05, 3.63) is 34.6 Å². The third-order valence-corrected chi connectivity index (χ3v) is 6.94. The summed E-state index contributed by atoms with van der Waals surface area (Å²) < 4.78 is 13.8. The Morgan fingerprint density at radius 3 is 2.79 bits per heavy atom. The molecule has 1 aromatic rings. The molecule has 29 heavy (non-hydrogen) atoms. The molecular formula is C19H24ClFN4O2S2. The monoisotopic (exact) mass is 458 g/mol. The smallest absolute Gasteiger partial charge is 0.333 e. The van der Waals surface area contributed by atoms with E-state index in [1.165, 1.54) is 35.1 Å². The molecule has 158 valence electrons. The van der Waals surface area contributed by atoms with E-state index in [1.54, 1.807) is 6.07 Å². The standard InChI is InChI=1S/C19H24ClFN4O2S2/c1-19(2)16(25(27)17(26)23-12-7-4-3-5-8-12)24(18(28)29-19)22-11-13-14(20)9-6-10-15(13)21/h6,9-12,16,27H,3-5,7-8H2,1-2H3,(H,23,26)/b22-11-/t16-/m0/s1. The van der Waals surface area contributed by atoms with E-state index < -0.39 is 22.8 Å². The average molecular weight is 459 g/mol. The highest BCUT2D eigenvalue weighted by Crippen LogP contribution is 2.42. The zero-order valence-electron chi connectivity index (χ0n) is 16.3. The molecule has 2 amide bonds. The third-order valence-electron chi connectivity index (χ3n) is 5.07. The molecule has 2 fully saturated rings. The zero-order chi connectivity index (χ0) is 21.2. The number of hydroxylamine groups is 2. The fourth-order valence-corrected chi connectivity index (χ4v) is 5.58. The Balaban J connectivity index is 1.80. The van der Waals surface area contributed by atoms with E-state index in [0.717, 1.165) is 32.1 Å². The van der Waals surface area contributed by atoms with E-state index in [-0.39, 0.29) is 16.6 Å². The second-order valence-electron chi connectivity index (χ2n) is 7.70. The summed E-state index contributed by atoms with van der Waals surface area (Å²) in [6, 6.07) is 3.79. The van der Waals surface area contributed by atoms with Crippen molar-refractivity contribution in [2.45, 2.75) is 62.9 Å². The van der Waals surface area contributed by atoms with Gasteiger partial charge in [0.2, 0.25) is 0 Å². The summed E-state index contributed by atoms with van der Waals surface area (Å²) in [5, 5.41) is 20.1. The molecular weight excluding hydrogens is 435 g/mol. The molecule has 1 atom stereocenters. The number of hydrogen-bond acceptors (Lipinski definition) is 5. The van der Waals surface area contributed by atoms with Gasteiger partial charge in [-0.2, -0.15) is 10.2 Å². The number of carbonyl (C=O) groups is 1. The first-order valence-corrected chi connectivity index (χ1v) is 11.1. The molecule has 1 aliphatic carbocycles. The van der Waals surface area contributed by atoms with E-state index in [0.29, 0.717) is 9.38 Å². The summed E-state index contributed by atoms with van der Waals surface area (Å²) in [6.07, 6.45) is 5.48. The lowest BCUT2D eigenvalue weighted by atomic mass is 9.96. The summed E-state index contributed by atoms with van der Waals surface area (Å²) in [4.78, 5) is 12.7. The molecule has 0 bridgehead atoms. The molecule has 0 radical (unpaired) electrons. The SMILES string of the molecule is CC1(C)SC(=S)N(/N=C\c2c(F)cccc2Cl)[C@H]1N(O)C(=O)NC1CCCCC1. The highest BCUT2D eigenvalue weighted by atomic mass is 35.5.